The summed E-state index contributed by atoms with van der Waals surface area (Å²) in [4.78, 5) is 2.34. The smallest absolute Gasteiger partial charge is 0.404 e. The molecule has 1 aromatic rings. The summed E-state index contributed by atoms with van der Waals surface area (Å²) in [5, 5.41) is 3.29. The van der Waals surface area contributed by atoms with Crippen molar-refractivity contribution in [3.05, 3.63) is 28.8 Å². The van der Waals surface area contributed by atoms with E-state index in [1.807, 2.05) is 0 Å². The number of benzene rings is 1. The third kappa shape index (κ3) is 6.03. The molecule has 0 amide bonds. The molecule has 0 saturated carbocycles. The van der Waals surface area contributed by atoms with Crippen molar-refractivity contribution in [2.75, 3.05) is 26.2 Å². The van der Waals surface area contributed by atoms with E-state index in [0.29, 0.717) is 0 Å². The third-order valence-corrected chi connectivity index (χ3v) is 4.02. The summed E-state index contributed by atoms with van der Waals surface area (Å²) in [5.41, 5.74) is 0.934. The van der Waals surface area contributed by atoms with E-state index in [-0.39, 0.29) is 29.2 Å². The summed E-state index contributed by atoms with van der Waals surface area (Å²) in [6.45, 7) is 5.77. The summed E-state index contributed by atoms with van der Waals surface area (Å²) in [6, 6.07) is 4.74. The van der Waals surface area contributed by atoms with Crippen LogP contribution in [0.5, 0.6) is 5.75 Å². The highest BCUT2D eigenvalue weighted by Crippen LogP contribution is 2.34. The summed E-state index contributed by atoms with van der Waals surface area (Å²) in [7, 11) is 0. The minimum atomic E-state index is -4.73. The monoisotopic (exact) mass is 372 g/mol. The number of halogens is 5. The molecular formula is C15H21Cl2F3N2O. The number of alkyl halides is 3. The standard InChI is InChI=1S/C15H20ClF3N2O.ClH/c1-2-3-13(21-8-6-20-7-9-21)11-4-5-14(12(16)10-11)22-15(17,18)19;/h4-5,10,13,20H,2-3,6-9H2,1H3;1H/t13-;/m1./s1. The maximum absolute atomic E-state index is 12.3. The second-order valence-electron chi connectivity index (χ2n) is 5.33. The van der Waals surface area contributed by atoms with Crippen LogP contribution in [0.2, 0.25) is 5.02 Å². The van der Waals surface area contributed by atoms with Crippen molar-refractivity contribution in [2.24, 2.45) is 0 Å². The first-order valence-electron chi connectivity index (χ1n) is 7.40. The molecule has 132 valence electrons. The zero-order valence-corrected chi connectivity index (χ0v) is 14.4. The van der Waals surface area contributed by atoms with E-state index in [1.165, 1.54) is 6.07 Å². The lowest BCUT2D eigenvalue weighted by atomic mass is 9.99. The fourth-order valence-electron chi connectivity index (χ4n) is 2.76. The molecule has 0 aliphatic carbocycles. The van der Waals surface area contributed by atoms with Crippen molar-refractivity contribution < 1.29 is 17.9 Å². The first-order valence-corrected chi connectivity index (χ1v) is 7.78. The Bertz CT molecular complexity index is 494. The van der Waals surface area contributed by atoms with Crippen LogP contribution < -0.4 is 10.1 Å². The molecule has 1 aliphatic heterocycles. The van der Waals surface area contributed by atoms with Gasteiger partial charge in [-0.15, -0.1) is 25.6 Å². The van der Waals surface area contributed by atoms with Crippen molar-refractivity contribution in [3.8, 4) is 5.75 Å². The van der Waals surface area contributed by atoms with Crippen LogP contribution >= 0.6 is 24.0 Å². The molecule has 0 unspecified atom stereocenters. The number of hydrogen-bond donors (Lipinski definition) is 1. The molecule has 0 aromatic heterocycles. The lowest BCUT2D eigenvalue weighted by Gasteiger charge is -2.35. The average molecular weight is 373 g/mol. The Labute approximate surface area is 145 Å². The zero-order chi connectivity index (χ0) is 16.2. The number of ether oxygens (including phenoxy) is 1. The van der Waals surface area contributed by atoms with Gasteiger partial charge in [0, 0.05) is 32.2 Å². The average Bonchev–Trinajstić information content (AvgIpc) is 2.47. The van der Waals surface area contributed by atoms with Gasteiger partial charge in [-0.25, -0.2) is 0 Å². The van der Waals surface area contributed by atoms with Gasteiger partial charge in [-0.1, -0.05) is 31.0 Å². The first-order chi connectivity index (χ1) is 10.4. The molecule has 2 rings (SSSR count). The fraction of sp³-hybridized carbons (Fsp3) is 0.600. The molecule has 1 N–H and O–H groups in total. The van der Waals surface area contributed by atoms with E-state index in [2.05, 4.69) is 21.9 Å². The molecule has 1 saturated heterocycles. The highest BCUT2D eigenvalue weighted by Gasteiger charge is 2.32. The largest absolute Gasteiger partial charge is 0.573 e. The quantitative estimate of drug-likeness (QED) is 0.828. The zero-order valence-electron chi connectivity index (χ0n) is 12.8. The van der Waals surface area contributed by atoms with Gasteiger partial charge in [-0.05, 0) is 24.1 Å². The molecule has 1 fully saturated rings. The first kappa shape index (κ1) is 20.4. The van der Waals surface area contributed by atoms with Crippen LogP contribution in [-0.4, -0.2) is 37.4 Å². The van der Waals surface area contributed by atoms with E-state index in [1.54, 1.807) is 12.1 Å². The molecule has 1 heterocycles. The van der Waals surface area contributed by atoms with Crippen molar-refractivity contribution in [2.45, 2.75) is 32.2 Å². The minimum Gasteiger partial charge on any atom is -0.404 e. The van der Waals surface area contributed by atoms with E-state index in [0.717, 1.165) is 44.6 Å². The van der Waals surface area contributed by atoms with E-state index < -0.39 is 6.36 Å². The van der Waals surface area contributed by atoms with Gasteiger partial charge in [0.1, 0.15) is 5.75 Å². The predicted octanol–water partition coefficient (Wildman–Crippen LogP) is 4.41. The van der Waals surface area contributed by atoms with Crippen LogP contribution in [-0.2, 0) is 0 Å². The molecule has 3 nitrogen and oxygen atoms in total. The second-order valence-corrected chi connectivity index (χ2v) is 5.74. The Kier molecular flexibility index (Phi) is 7.94. The summed E-state index contributed by atoms with van der Waals surface area (Å²) < 4.78 is 40.8. The van der Waals surface area contributed by atoms with Gasteiger partial charge < -0.3 is 10.1 Å². The lowest BCUT2D eigenvalue weighted by Crippen LogP contribution is -2.45. The lowest BCUT2D eigenvalue weighted by molar-refractivity contribution is -0.274. The number of hydrogen-bond acceptors (Lipinski definition) is 3. The van der Waals surface area contributed by atoms with Crippen molar-refractivity contribution >= 4 is 24.0 Å². The highest BCUT2D eigenvalue weighted by atomic mass is 35.5. The van der Waals surface area contributed by atoms with Crippen LogP contribution in [0.1, 0.15) is 31.4 Å². The molecule has 1 aromatic carbocycles. The van der Waals surface area contributed by atoms with Crippen molar-refractivity contribution in [1.82, 2.24) is 10.2 Å². The van der Waals surface area contributed by atoms with Gasteiger partial charge in [0.05, 0.1) is 5.02 Å². The molecule has 1 atom stereocenters. The topological polar surface area (TPSA) is 24.5 Å². The van der Waals surface area contributed by atoms with Crippen LogP contribution in [0.15, 0.2) is 18.2 Å². The Hall–Kier alpha value is -0.690. The number of piperazine rings is 1. The molecule has 0 bridgehead atoms. The van der Waals surface area contributed by atoms with E-state index in [9.17, 15) is 13.2 Å². The Balaban J connectivity index is 0.00000264. The van der Waals surface area contributed by atoms with Crippen molar-refractivity contribution in [3.63, 3.8) is 0 Å². The molecule has 0 radical (unpaired) electrons. The number of rotatable bonds is 5. The van der Waals surface area contributed by atoms with Crippen LogP contribution in [0, 0.1) is 0 Å². The third-order valence-electron chi connectivity index (χ3n) is 3.72. The second kappa shape index (κ2) is 8.97. The molecular weight excluding hydrogens is 352 g/mol. The summed E-state index contributed by atoms with van der Waals surface area (Å²) in [6.07, 6.45) is -2.80. The number of nitrogens with zero attached hydrogens (tertiary/aromatic N) is 1. The normalized spacial score (nSPS) is 17.4. The minimum absolute atomic E-state index is 0. The predicted molar refractivity (Wildman–Crippen MR) is 87.5 cm³/mol. The van der Waals surface area contributed by atoms with Gasteiger partial charge in [0.15, 0.2) is 0 Å². The Morgan fingerprint density at radius 1 is 1.30 bits per heavy atom. The number of nitrogens with one attached hydrogen (secondary N) is 1. The summed E-state index contributed by atoms with van der Waals surface area (Å²) >= 11 is 5.96. The molecule has 1 aliphatic rings. The summed E-state index contributed by atoms with van der Waals surface area (Å²) in [5.74, 6) is -0.353. The van der Waals surface area contributed by atoms with E-state index in [4.69, 9.17) is 11.6 Å². The van der Waals surface area contributed by atoms with E-state index >= 15 is 0 Å². The van der Waals surface area contributed by atoms with Crippen molar-refractivity contribution in [1.29, 1.82) is 0 Å². The Morgan fingerprint density at radius 2 is 1.96 bits per heavy atom. The maximum Gasteiger partial charge on any atom is 0.573 e. The molecule has 8 heteroatoms. The van der Waals surface area contributed by atoms with Gasteiger partial charge in [-0.3, -0.25) is 4.90 Å². The van der Waals surface area contributed by atoms with Crippen LogP contribution in [0.4, 0.5) is 13.2 Å². The van der Waals surface area contributed by atoms with Gasteiger partial charge >= 0.3 is 6.36 Å². The van der Waals surface area contributed by atoms with Crippen LogP contribution in [0.3, 0.4) is 0 Å². The highest BCUT2D eigenvalue weighted by molar-refractivity contribution is 6.32. The van der Waals surface area contributed by atoms with Gasteiger partial charge in [-0.2, -0.15) is 0 Å². The maximum atomic E-state index is 12.3. The Morgan fingerprint density at radius 3 is 2.48 bits per heavy atom. The van der Waals surface area contributed by atoms with Crippen LogP contribution in [0.25, 0.3) is 0 Å². The molecule has 23 heavy (non-hydrogen) atoms. The SMILES string of the molecule is CCC[C@H](c1ccc(OC(F)(F)F)c(Cl)c1)N1CCNCC1.Cl. The fourth-order valence-corrected chi connectivity index (χ4v) is 2.99. The molecule has 0 spiro atoms. The van der Waals surface area contributed by atoms with Gasteiger partial charge in [0.25, 0.3) is 0 Å². The van der Waals surface area contributed by atoms with Gasteiger partial charge in [0.2, 0.25) is 0 Å².